The lowest BCUT2D eigenvalue weighted by atomic mass is 10.1. The number of rotatable bonds is 8. The zero-order chi connectivity index (χ0) is 15.8. The molecule has 1 nitrogen and oxygen atoms in total. The van der Waals surface area contributed by atoms with Gasteiger partial charge in [-0.15, -0.1) is 11.6 Å². The minimum Gasteiger partial charge on any atom is -0.298 e. The first kappa shape index (κ1) is 17.1. The molecule has 0 aliphatic heterocycles. The molecule has 0 N–H and O–H groups in total. The molecule has 1 atom stereocenters. The Balaban J connectivity index is 1.95. The summed E-state index contributed by atoms with van der Waals surface area (Å²) in [5.74, 6) is 0. The fourth-order valence-electron chi connectivity index (χ4n) is 2.66. The van der Waals surface area contributed by atoms with Crippen LogP contribution in [0.4, 0.5) is 0 Å². The van der Waals surface area contributed by atoms with Crippen molar-refractivity contribution in [2.24, 2.45) is 0 Å². The molecule has 0 aliphatic rings. The summed E-state index contributed by atoms with van der Waals surface area (Å²) in [6.45, 7) is 7.23. The van der Waals surface area contributed by atoms with Crippen LogP contribution in [0.3, 0.4) is 0 Å². The summed E-state index contributed by atoms with van der Waals surface area (Å²) in [7, 11) is 0. The average Bonchev–Trinajstić information content (AvgIpc) is 2.56. The van der Waals surface area contributed by atoms with Crippen molar-refractivity contribution in [1.82, 2.24) is 4.90 Å². The van der Waals surface area contributed by atoms with Gasteiger partial charge in [-0.3, -0.25) is 4.90 Å². The fraction of sp³-hybridized carbons (Fsp3) is 0.400. The van der Waals surface area contributed by atoms with E-state index in [9.17, 15) is 0 Å². The van der Waals surface area contributed by atoms with Crippen LogP contribution in [0.2, 0.25) is 0 Å². The second kappa shape index (κ2) is 8.97. The van der Waals surface area contributed by atoms with Crippen molar-refractivity contribution >= 4 is 11.6 Å². The smallest absolute Gasteiger partial charge is 0.0712 e. The summed E-state index contributed by atoms with van der Waals surface area (Å²) in [6.07, 6.45) is 2.33. The topological polar surface area (TPSA) is 3.24 Å². The third kappa shape index (κ3) is 5.15. The summed E-state index contributed by atoms with van der Waals surface area (Å²) in [5, 5.41) is 0.0411. The van der Waals surface area contributed by atoms with E-state index in [2.05, 4.69) is 73.3 Å². The van der Waals surface area contributed by atoms with E-state index >= 15 is 0 Å². The molecule has 0 aliphatic carbocycles. The van der Waals surface area contributed by atoms with Crippen LogP contribution in [0.25, 0.3) is 0 Å². The van der Waals surface area contributed by atoms with Gasteiger partial charge in [0.1, 0.15) is 0 Å². The summed E-state index contributed by atoms with van der Waals surface area (Å²) in [4.78, 5) is 2.40. The molecule has 22 heavy (non-hydrogen) atoms. The third-order valence-electron chi connectivity index (χ3n) is 3.99. The molecule has 2 heteroatoms. The Morgan fingerprint density at radius 3 is 2.18 bits per heavy atom. The molecule has 2 aromatic rings. The molecule has 0 heterocycles. The molecule has 0 saturated carbocycles. The van der Waals surface area contributed by atoms with Crippen LogP contribution >= 0.6 is 11.6 Å². The Hall–Kier alpha value is -1.31. The Labute approximate surface area is 139 Å². The number of halogens is 1. The van der Waals surface area contributed by atoms with Crippen molar-refractivity contribution in [3.05, 3.63) is 71.3 Å². The lowest BCUT2D eigenvalue weighted by Gasteiger charge is -2.23. The van der Waals surface area contributed by atoms with Gasteiger partial charge in [0.05, 0.1) is 5.38 Å². The zero-order valence-corrected chi connectivity index (χ0v) is 14.4. The van der Waals surface area contributed by atoms with Gasteiger partial charge in [0.2, 0.25) is 0 Å². The summed E-state index contributed by atoms with van der Waals surface area (Å²) < 4.78 is 0. The van der Waals surface area contributed by atoms with Gasteiger partial charge in [-0.1, -0.05) is 74.9 Å². The van der Waals surface area contributed by atoms with Gasteiger partial charge in [0, 0.05) is 13.1 Å². The first-order valence-corrected chi connectivity index (χ1v) is 8.65. The van der Waals surface area contributed by atoms with Gasteiger partial charge in [-0.05, 0) is 29.7 Å². The van der Waals surface area contributed by atoms with Crippen LogP contribution in [0.5, 0.6) is 0 Å². The first-order valence-electron chi connectivity index (χ1n) is 8.22. The molecule has 118 valence electrons. The molecule has 2 rings (SSSR count). The minimum atomic E-state index is 0.0411. The molecule has 0 saturated heterocycles. The van der Waals surface area contributed by atoms with Crippen LogP contribution in [-0.2, 0) is 13.0 Å². The van der Waals surface area contributed by atoms with Gasteiger partial charge < -0.3 is 0 Å². The molecule has 0 radical (unpaired) electrons. The molecule has 0 fully saturated rings. The second-order valence-electron chi connectivity index (χ2n) is 5.77. The van der Waals surface area contributed by atoms with Crippen LogP contribution in [-0.4, -0.2) is 18.0 Å². The van der Waals surface area contributed by atoms with Gasteiger partial charge in [-0.2, -0.15) is 0 Å². The number of alkyl halides is 1. The van der Waals surface area contributed by atoms with Crippen LogP contribution in [0.15, 0.2) is 54.6 Å². The summed E-state index contributed by atoms with van der Waals surface area (Å²) >= 11 is 6.63. The lowest BCUT2D eigenvalue weighted by molar-refractivity contribution is 0.280. The maximum Gasteiger partial charge on any atom is 0.0712 e. The van der Waals surface area contributed by atoms with E-state index in [1.54, 1.807) is 0 Å². The van der Waals surface area contributed by atoms with Crippen molar-refractivity contribution < 1.29 is 0 Å². The number of hydrogen-bond donors (Lipinski definition) is 0. The van der Waals surface area contributed by atoms with E-state index in [4.69, 9.17) is 11.6 Å². The molecule has 1 unspecified atom stereocenters. The molecular formula is C20H26ClN. The second-order valence-corrected chi connectivity index (χ2v) is 6.30. The lowest BCUT2D eigenvalue weighted by Crippen LogP contribution is -2.26. The van der Waals surface area contributed by atoms with Gasteiger partial charge in [-0.25, -0.2) is 0 Å². The van der Waals surface area contributed by atoms with Crippen molar-refractivity contribution in [3.8, 4) is 0 Å². The first-order chi connectivity index (χ1) is 10.7. The highest BCUT2D eigenvalue weighted by Gasteiger charge is 2.13. The van der Waals surface area contributed by atoms with Gasteiger partial charge in [0.15, 0.2) is 0 Å². The Bertz CT molecular complexity index is 535. The van der Waals surface area contributed by atoms with E-state index < -0.39 is 0 Å². The van der Waals surface area contributed by atoms with Crippen LogP contribution in [0, 0.1) is 0 Å². The monoisotopic (exact) mass is 315 g/mol. The van der Waals surface area contributed by atoms with Crippen molar-refractivity contribution in [3.63, 3.8) is 0 Å². The SMILES string of the molecule is CCCc1ccc(C(Cl)CN(CC)Cc2ccccc2)cc1. The number of likely N-dealkylation sites (N-methyl/N-ethyl adjacent to an activating group) is 1. The van der Waals surface area contributed by atoms with Gasteiger partial charge >= 0.3 is 0 Å². The molecule has 2 aromatic carbocycles. The van der Waals surface area contributed by atoms with Crippen molar-refractivity contribution in [2.75, 3.05) is 13.1 Å². The van der Waals surface area contributed by atoms with Gasteiger partial charge in [0.25, 0.3) is 0 Å². The minimum absolute atomic E-state index is 0.0411. The third-order valence-corrected chi connectivity index (χ3v) is 4.38. The largest absolute Gasteiger partial charge is 0.298 e. The van der Waals surface area contributed by atoms with Crippen molar-refractivity contribution in [1.29, 1.82) is 0 Å². The summed E-state index contributed by atoms with van der Waals surface area (Å²) in [6, 6.07) is 19.4. The predicted octanol–water partition coefficient (Wildman–Crippen LogP) is 5.44. The molecule has 0 aromatic heterocycles. The maximum absolute atomic E-state index is 6.63. The van der Waals surface area contributed by atoms with Crippen LogP contribution in [0.1, 0.15) is 42.3 Å². The zero-order valence-electron chi connectivity index (χ0n) is 13.6. The van der Waals surface area contributed by atoms with E-state index in [1.165, 1.54) is 23.1 Å². The Kier molecular flexibility index (Phi) is 6.95. The maximum atomic E-state index is 6.63. The highest BCUT2D eigenvalue weighted by molar-refractivity contribution is 6.21. The molecule has 0 spiro atoms. The summed E-state index contributed by atoms with van der Waals surface area (Å²) in [5.41, 5.74) is 3.95. The molecular weight excluding hydrogens is 290 g/mol. The number of aryl methyl sites for hydroxylation is 1. The standard InChI is InChI=1S/C20H26ClN/c1-3-8-17-11-13-19(14-12-17)20(21)16-22(4-2)15-18-9-6-5-7-10-18/h5-7,9-14,20H,3-4,8,15-16H2,1-2H3. The van der Waals surface area contributed by atoms with Crippen LogP contribution < -0.4 is 0 Å². The highest BCUT2D eigenvalue weighted by Crippen LogP contribution is 2.23. The van der Waals surface area contributed by atoms with Crippen molar-refractivity contribution in [2.45, 2.75) is 38.6 Å². The normalized spacial score (nSPS) is 12.5. The van der Waals surface area contributed by atoms with E-state index in [0.29, 0.717) is 0 Å². The fourth-order valence-corrected chi connectivity index (χ4v) is 3.00. The number of nitrogens with zero attached hydrogens (tertiary/aromatic N) is 1. The molecule has 0 amide bonds. The number of benzene rings is 2. The predicted molar refractivity (Wildman–Crippen MR) is 96.4 cm³/mol. The highest BCUT2D eigenvalue weighted by atomic mass is 35.5. The van der Waals surface area contributed by atoms with E-state index in [1.807, 2.05) is 0 Å². The van der Waals surface area contributed by atoms with E-state index in [-0.39, 0.29) is 5.38 Å². The molecule has 0 bridgehead atoms. The Morgan fingerprint density at radius 2 is 1.59 bits per heavy atom. The average molecular weight is 316 g/mol. The van der Waals surface area contributed by atoms with E-state index in [0.717, 1.165) is 26.1 Å². The Morgan fingerprint density at radius 1 is 0.909 bits per heavy atom. The number of hydrogen-bond acceptors (Lipinski definition) is 1. The quantitative estimate of drug-likeness (QED) is 0.586.